The summed E-state index contributed by atoms with van der Waals surface area (Å²) in [5, 5.41) is 11.2. The van der Waals surface area contributed by atoms with E-state index in [4.69, 9.17) is 9.84 Å². The summed E-state index contributed by atoms with van der Waals surface area (Å²) < 4.78 is 4.73. The zero-order valence-corrected chi connectivity index (χ0v) is 10.3. The number of carbonyl (C=O) groups excluding carboxylic acids is 1. The van der Waals surface area contributed by atoms with Crippen LogP contribution in [0.3, 0.4) is 0 Å². The number of nitrogens with one attached hydrogen (secondary N) is 1. The Labute approximate surface area is 102 Å². The molecule has 0 spiro atoms. The van der Waals surface area contributed by atoms with Gasteiger partial charge in [0.2, 0.25) is 5.91 Å². The van der Waals surface area contributed by atoms with Crippen LogP contribution in [0.25, 0.3) is 0 Å². The Bertz CT molecular complexity index is 259. The fourth-order valence-electron chi connectivity index (χ4n) is 2.22. The van der Waals surface area contributed by atoms with Gasteiger partial charge in [-0.15, -0.1) is 0 Å². The molecular weight excluding hydrogens is 222 g/mol. The fraction of sp³-hybridized carbons (Fsp3) is 0.833. The SMILES string of the molecule is CCC1CCC(NC(=O)COCC(=O)O)CC1. The van der Waals surface area contributed by atoms with Crippen LogP contribution in [-0.4, -0.2) is 36.2 Å². The van der Waals surface area contributed by atoms with Gasteiger partial charge in [0, 0.05) is 6.04 Å². The van der Waals surface area contributed by atoms with Crippen LogP contribution in [0.1, 0.15) is 39.0 Å². The van der Waals surface area contributed by atoms with Crippen molar-refractivity contribution < 1.29 is 19.4 Å². The lowest BCUT2D eigenvalue weighted by Crippen LogP contribution is -2.39. The molecule has 0 radical (unpaired) electrons. The molecule has 0 aromatic rings. The summed E-state index contributed by atoms with van der Waals surface area (Å²) in [5.41, 5.74) is 0. The first-order valence-electron chi connectivity index (χ1n) is 6.20. The van der Waals surface area contributed by atoms with E-state index in [-0.39, 0.29) is 18.6 Å². The van der Waals surface area contributed by atoms with Gasteiger partial charge in [-0.05, 0) is 31.6 Å². The van der Waals surface area contributed by atoms with Gasteiger partial charge in [0.05, 0.1) is 0 Å². The third-order valence-corrected chi connectivity index (χ3v) is 3.25. The van der Waals surface area contributed by atoms with Crippen molar-refractivity contribution in [3.63, 3.8) is 0 Å². The maximum Gasteiger partial charge on any atom is 0.329 e. The third-order valence-electron chi connectivity index (χ3n) is 3.25. The largest absolute Gasteiger partial charge is 0.480 e. The highest BCUT2D eigenvalue weighted by Gasteiger charge is 2.21. The molecule has 1 saturated carbocycles. The minimum Gasteiger partial charge on any atom is -0.480 e. The number of rotatable bonds is 6. The standard InChI is InChI=1S/C12H21NO4/c1-2-9-3-5-10(6-4-9)13-11(14)7-17-8-12(15)16/h9-10H,2-8H2,1H3,(H,13,14)(H,15,16). The van der Waals surface area contributed by atoms with E-state index < -0.39 is 12.6 Å². The van der Waals surface area contributed by atoms with E-state index in [1.54, 1.807) is 0 Å². The third kappa shape index (κ3) is 5.68. The molecule has 1 aliphatic carbocycles. The number of amides is 1. The second kappa shape index (κ2) is 7.27. The normalized spacial score (nSPS) is 24.3. The van der Waals surface area contributed by atoms with Crippen LogP contribution in [0, 0.1) is 5.92 Å². The second-order valence-electron chi connectivity index (χ2n) is 4.58. The number of carbonyl (C=O) groups is 2. The Kier molecular flexibility index (Phi) is 5.97. The van der Waals surface area contributed by atoms with Gasteiger partial charge in [-0.3, -0.25) is 4.79 Å². The van der Waals surface area contributed by atoms with Gasteiger partial charge in [0.25, 0.3) is 0 Å². The number of carboxylic acid groups (broad SMARTS) is 1. The highest BCUT2D eigenvalue weighted by molar-refractivity contribution is 5.78. The highest BCUT2D eigenvalue weighted by atomic mass is 16.5. The molecule has 1 fully saturated rings. The van der Waals surface area contributed by atoms with Crippen LogP contribution in [0.4, 0.5) is 0 Å². The van der Waals surface area contributed by atoms with E-state index in [0.717, 1.165) is 31.6 Å². The molecule has 0 saturated heterocycles. The molecule has 0 heterocycles. The molecule has 0 aromatic carbocycles. The molecule has 5 nitrogen and oxygen atoms in total. The van der Waals surface area contributed by atoms with Crippen LogP contribution in [0.5, 0.6) is 0 Å². The summed E-state index contributed by atoms with van der Waals surface area (Å²) in [7, 11) is 0. The molecular formula is C12H21NO4. The minimum atomic E-state index is -1.05. The minimum absolute atomic E-state index is 0.167. The zero-order valence-electron chi connectivity index (χ0n) is 10.3. The lowest BCUT2D eigenvalue weighted by atomic mass is 9.84. The maximum atomic E-state index is 11.4. The van der Waals surface area contributed by atoms with E-state index in [0.29, 0.717) is 0 Å². The van der Waals surface area contributed by atoms with Crippen LogP contribution in [-0.2, 0) is 14.3 Å². The Morgan fingerprint density at radius 1 is 1.24 bits per heavy atom. The molecule has 17 heavy (non-hydrogen) atoms. The van der Waals surface area contributed by atoms with Crippen molar-refractivity contribution in [2.24, 2.45) is 5.92 Å². The molecule has 0 aromatic heterocycles. The molecule has 1 rings (SSSR count). The molecule has 0 unspecified atom stereocenters. The molecule has 1 aliphatic rings. The Balaban J connectivity index is 2.12. The maximum absolute atomic E-state index is 11.4. The summed E-state index contributed by atoms with van der Waals surface area (Å²) in [6, 6.07) is 0.235. The molecule has 2 N–H and O–H groups in total. The lowest BCUT2D eigenvalue weighted by molar-refractivity contribution is -0.143. The van der Waals surface area contributed by atoms with Crippen molar-refractivity contribution in [1.82, 2.24) is 5.32 Å². The van der Waals surface area contributed by atoms with Crippen LogP contribution in [0.2, 0.25) is 0 Å². The number of ether oxygens (including phenoxy) is 1. The van der Waals surface area contributed by atoms with Crippen molar-refractivity contribution in [2.45, 2.75) is 45.1 Å². The van der Waals surface area contributed by atoms with Gasteiger partial charge in [0.15, 0.2) is 0 Å². The van der Waals surface area contributed by atoms with E-state index in [1.165, 1.54) is 6.42 Å². The Hall–Kier alpha value is -1.10. The zero-order chi connectivity index (χ0) is 12.7. The van der Waals surface area contributed by atoms with Gasteiger partial charge < -0.3 is 15.2 Å². The van der Waals surface area contributed by atoms with Crippen molar-refractivity contribution in [1.29, 1.82) is 0 Å². The molecule has 0 aliphatic heterocycles. The summed E-state index contributed by atoms with van der Waals surface area (Å²) >= 11 is 0. The molecule has 98 valence electrons. The molecule has 1 amide bonds. The fourth-order valence-corrected chi connectivity index (χ4v) is 2.22. The van der Waals surface area contributed by atoms with Gasteiger partial charge in [0.1, 0.15) is 13.2 Å². The van der Waals surface area contributed by atoms with Gasteiger partial charge in [-0.2, -0.15) is 0 Å². The molecule has 0 bridgehead atoms. The van der Waals surface area contributed by atoms with Gasteiger partial charge in [-0.1, -0.05) is 13.3 Å². The number of hydrogen-bond acceptors (Lipinski definition) is 3. The molecule has 5 heteroatoms. The second-order valence-corrected chi connectivity index (χ2v) is 4.58. The predicted molar refractivity (Wildman–Crippen MR) is 62.6 cm³/mol. The Morgan fingerprint density at radius 2 is 1.88 bits per heavy atom. The van der Waals surface area contributed by atoms with Crippen LogP contribution < -0.4 is 5.32 Å². The van der Waals surface area contributed by atoms with Crippen molar-refractivity contribution in [2.75, 3.05) is 13.2 Å². The van der Waals surface area contributed by atoms with Gasteiger partial charge >= 0.3 is 5.97 Å². The van der Waals surface area contributed by atoms with Crippen LogP contribution >= 0.6 is 0 Å². The summed E-state index contributed by atoms with van der Waals surface area (Å²) in [6.07, 6.45) is 5.57. The van der Waals surface area contributed by atoms with Crippen molar-refractivity contribution in [3.05, 3.63) is 0 Å². The lowest BCUT2D eigenvalue weighted by Gasteiger charge is -2.28. The average molecular weight is 243 g/mol. The average Bonchev–Trinajstić information content (AvgIpc) is 2.29. The summed E-state index contributed by atoms with van der Waals surface area (Å²) in [5.74, 6) is -0.473. The predicted octanol–water partition coefficient (Wildman–Crippen LogP) is 1.17. The topological polar surface area (TPSA) is 75.6 Å². The van der Waals surface area contributed by atoms with E-state index in [9.17, 15) is 9.59 Å². The van der Waals surface area contributed by atoms with E-state index in [1.807, 2.05) is 0 Å². The van der Waals surface area contributed by atoms with E-state index >= 15 is 0 Å². The smallest absolute Gasteiger partial charge is 0.329 e. The van der Waals surface area contributed by atoms with E-state index in [2.05, 4.69) is 12.2 Å². The highest BCUT2D eigenvalue weighted by Crippen LogP contribution is 2.26. The van der Waals surface area contributed by atoms with Crippen molar-refractivity contribution >= 4 is 11.9 Å². The quantitative estimate of drug-likeness (QED) is 0.734. The van der Waals surface area contributed by atoms with Crippen LogP contribution in [0.15, 0.2) is 0 Å². The number of hydrogen-bond donors (Lipinski definition) is 2. The summed E-state index contributed by atoms with van der Waals surface area (Å²) in [6.45, 7) is 1.61. The van der Waals surface area contributed by atoms with Crippen molar-refractivity contribution in [3.8, 4) is 0 Å². The molecule has 0 atom stereocenters. The first-order valence-corrected chi connectivity index (χ1v) is 6.20. The first kappa shape index (κ1) is 14.0. The monoisotopic (exact) mass is 243 g/mol. The first-order chi connectivity index (χ1) is 8.11. The number of aliphatic carboxylic acids is 1. The number of carboxylic acids is 1. The Morgan fingerprint density at radius 3 is 2.41 bits per heavy atom. The van der Waals surface area contributed by atoms with Gasteiger partial charge in [-0.25, -0.2) is 4.79 Å². The summed E-state index contributed by atoms with van der Waals surface area (Å²) in [4.78, 5) is 21.6.